The van der Waals surface area contributed by atoms with Crippen LogP contribution in [-0.4, -0.2) is 32.9 Å². The molecule has 0 spiro atoms. The number of nitrogens with zero attached hydrogens (tertiary/aromatic N) is 2. The van der Waals surface area contributed by atoms with E-state index in [-0.39, 0.29) is 12.5 Å². The maximum atomic E-state index is 12.4. The summed E-state index contributed by atoms with van der Waals surface area (Å²) in [6.07, 6.45) is 1.32. The molecule has 0 radical (unpaired) electrons. The van der Waals surface area contributed by atoms with E-state index in [9.17, 15) is 9.90 Å². The summed E-state index contributed by atoms with van der Waals surface area (Å²) in [5.74, 6) is -0.280. The second kappa shape index (κ2) is 6.06. The second-order valence-corrected chi connectivity index (χ2v) is 4.76. The number of aliphatic hydroxyl groups is 1. The number of nitrogens with one attached hydrogen (secondary N) is 1. The van der Waals surface area contributed by atoms with Gasteiger partial charge in [-0.05, 0) is 26.7 Å². The van der Waals surface area contributed by atoms with Gasteiger partial charge in [-0.3, -0.25) is 9.48 Å². The summed E-state index contributed by atoms with van der Waals surface area (Å²) in [5, 5.41) is 16.6. The van der Waals surface area contributed by atoms with Gasteiger partial charge in [0, 0.05) is 6.54 Å². The number of aliphatic hydroxyl groups excluding tert-OH is 1. The van der Waals surface area contributed by atoms with Crippen molar-refractivity contribution in [3.8, 4) is 0 Å². The van der Waals surface area contributed by atoms with E-state index in [1.54, 1.807) is 11.6 Å². The van der Waals surface area contributed by atoms with Gasteiger partial charge in [0.2, 0.25) is 0 Å². The van der Waals surface area contributed by atoms with Crippen LogP contribution >= 0.6 is 0 Å². The van der Waals surface area contributed by atoms with Crippen LogP contribution in [0.5, 0.6) is 0 Å². The highest BCUT2D eigenvalue weighted by molar-refractivity contribution is 5.98. The average Bonchev–Trinajstić information content (AvgIpc) is 2.71. The number of hydrogen-bond acceptors (Lipinski definition) is 4. The standard InChI is InChI=1S/C13H24N4O2/c1-5-13(6-2,8-18)15-12(19)11-10(14)9(4)16-17(11)7-3/h18H,5-8,14H2,1-4H3,(H,15,19). The number of carbonyl (C=O) groups is 1. The first kappa shape index (κ1) is 15.5. The fourth-order valence-corrected chi connectivity index (χ4v) is 2.05. The molecule has 0 atom stereocenters. The lowest BCUT2D eigenvalue weighted by Crippen LogP contribution is -2.51. The van der Waals surface area contributed by atoms with Crippen LogP contribution < -0.4 is 11.1 Å². The highest BCUT2D eigenvalue weighted by Gasteiger charge is 2.30. The molecule has 108 valence electrons. The minimum Gasteiger partial charge on any atom is -0.395 e. The van der Waals surface area contributed by atoms with Crippen molar-refractivity contribution in [3.05, 3.63) is 11.4 Å². The van der Waals surface area contributed by atoms with Crippen LogP contribution in [-0.2, 0) is 6.54 Å². The summed E-state index contributed by atoms with van der Waals surface area (Å²) in [4.78, 5) is 12.4. The third kappa shape index (κ3) is 2.89. The summed E-state index contributed by atoms with van der Waals surface area (Å²) in [6.45, 7) is 8.03. The topological polar surface area (TPSA) is 93.2 Å². The smallest absolute Gasteiger partial charge is 0.272 e. The molecule has 0 bridgehead atoms. The molecule has 0 aliphatic carbocycles. The van der Waals surface area contributed by atoms with Gasteiger partial charge in [0.25, 0.3) is 5.91 Å². The summed E-state index contributed by atoms with van der Waals surface area (Å²) in [5.41, 5.74) is 6.74. The lowest BCUT2D eigenvalue weighted by Gasteiger charge is -2.30. The predicted octanol–water partition coefficient (Wildman–Crippen LogP) is 1.07. The van der Waals surface area contributed by atoms with Gasteiger partial charge in [0.15, 0.2) is 0 Å². The molecule has 0 unspecified atom stereocenters. The molecule has 1 heterocycles. The Morgan fingerprint density at radius 3 is 2.42 bits per heavy atom. The van der Waals surface area contributed by atoms with E-state index >= 15 is 0 Å². The first-order chi connectivity index (χ1) is 8.94. The van der Waals surface area contributed by atoms with Crippen LogP contribution in [0.1, 0.15) is 49.8 Å². The van der Waals surface area contributed by atoms with E-state index < -0.39 is 5.54 Å². The van der Waals surface area contributed by atoms with Crippen LogP contribution in [0.3, 0.4) is 0 Å². The monoisotopic (exact) mass is 268 g/mol. The van der Waals surface area contributed by atoms with Crippen LogP contribution in [0.25, 0.3) is 0 Å². The van der Waals surface area contributed by atoms with Crippen molar-refractivity contribution in [2.45, 2.75) is 52.6 Å². The molecule has 1 amide bonds. The van der Waals surface area contributed by atoms with E-state index in [1.165, 1.54) is 0 Å². The number of carbonyl (C=O) groups excluding carboxylic acids is 1. The fourth-order valence-electron chi connectivity index (χ4n) is 2.05. The highest BCUT2D eigenvalue weighted by Crippen LogP contribution is 2.20. The van der Waals surface area contributed by atoms with Crippen LogP contribution in [0.4, 0.5) is 5.69 Å². The van der Waals surface area contributed by atoms with E-state index in [0.29, 0.717) is 36.5 Å². The molecule has 1 rings (SSSR count). The lowest BCUT2D eigenvalue weighted by atomic mass is 9.93. The maximum Gasteiger partial charge on any atom is 0.272 e. The van der Waals surface area contributed by atoms with E-state index in [0.717, 1.165) is 0 Å². The Morgan fingerprint density at radius 2 is 2.00 bits per heavy atom. The number of aryl methyl sites for hydroxylation is 2. The normalized spacial score (nSPS) is 11.6. The lowest BCUT2D eigenvalue weighted by molar-refractivity contribution is 0.0808. The maximum absolute atomic E-state index is 12.4. The Kier molecular flexibility index (Phi) is 4.94. The van der Waals surface area contributed by atoms with Gasteiger partial charge in [0.1, 0.15) is 5.69 Å². The van der Waals surface area contributed by atoms with Crippen molar-refractivity contribution in [1.82, 2.24) is 15.1 Å². The minimum atomic E-state index is -0.597. The predicted molar refractivity (Wildman–Crippen MR) is 74.9 cm³/mol. The van der Waals surface area contributed by atoms with Gasteiger partial charge in [0.05, 0.1) is 23.5 Å². The number of aromatic nitrogens is 2. The highest BCUT2D eigenvalue weighted by atomic mass is 16.3. The van der Waals surface area contributed by atoms with Gasteiger partial charge < -0.3 is 16.2 Å². The van der Waals surface area contributed by atoms with Gasteiger partial charge in [-0.15, -0.1) is 0 Å². The molecule has 1 aromatic heterocycles. The van der Waals surface area contributed by atoms with E-state index in [2.05, 4.69) is 10.4 Å². The molecule has 0 aromatic carbocycles. The molecule has 4 N–H and O–H groups in total. The zero-order valence-corrected chi connectivity index (χ0v) is 12.2. The molecular weight excluding hydrogens is 244 g/mol. The molecule has 6 nitrogen and oxygen atoms in total. The first-order valence-electron chi connectivity index (χ1n) is 6.70. The van der Waals surface area contributed by atoms with Gasteiger partial charge in [-0.25, -0.2) is 0 Å². The van der Waals surface area contributed by atoms with Crippen molar-refractivity contribution in [1.29, 1.82) is 0 Å². The summed E-state index contributed by atoms with van der Waals surface area (Å²) in [6, 6.07) is 0. The fraction of sp³-hybridized carbons (Fsp3) is 0.692. The number of nitrogen functional groups attached to an aromatic ring is 1. The molecule has 0 aliphatic rings. The van der Waals surface area contributed by atoms with Crippen molar-refractivity contribution in [2.75, 3.05) is 12.3 Å². The van der Waals surface area contributed by atoms with Crippen molar-refractivity contribution < 1.29 is 9.90 Å². The van der Waals surface area contributed by atoms with Gasteiger partial charge in [-0.1, -0.05) is 13.8 Å². The molecule has 0 aliphatic heterocycles. The summed E-state index contributed by atoms with van der Waals surface area (Å²) in [7, 11) is 0. The van der Waals surface area contributed by atoms with Gasteiger partial charge in [-0.2, -0.15) is 5.10 Å². The number of nitrogens with two attached hydrogens (primary N) is 1. The van der Waals surface area contributed by atoms with Crippen molar-refractivity contribution in [2.24, 2.45) is 0 Å². The Balaban J connectivity index is 3.07. The summed E-state index contributed by atoms with van der Waals surface area (Å²) < 4.78 is 1.59. The molecule has 0 fully saturated rings. The Bertz CT molecular complexity index is 441. The summed E-state index contributed by atoms with van der Waals surface area (Å²) >= 11 is 0. The Hall–Kier alpha value is -1.56. The number of hydrogen-bond donors (Lipinski definition) is 3. The Morgan fingerprint density at radius 1 is 1.42 bits per heavy atom. The molecule has 0 saturated heterocycles. The third-order valence-corrected chi connectivity index (χ3v) is 3.72. The largest absolute Gasteiger partial charge is 0.395 e. The number of anilines is 1. The van der Waals surface area contributed by atoms with Gasteiger partial charge >= 0.3 is 0 Å². The molecule has 6 heteroatoms. The molecule has 0 saturated carbocycles. The van der Waals surface area contributed by atoms with Crippen LogP contribution in [0.2, 0.25) is 0 Å². The van der Waals surface area contributed by atoms with Crippen molar-refractivity contribution in [3.63, 3.8) is 0 Å². The number of amides is 1. The average molecular weight is 268 g/mol. The quantitative estimate of drug-likeness (QED) is 0.719. The van der Waals surface area contributed by atoms with Crippen molar-refractivity contribution >= 4 is 11.6 Å². The molecular formula is C13H24N4O2. The van der Waals surface area contributed by atoms with Crippen LogP contribution in [0.15, 0.2) is 0 Å². The van der Waals surface area contributed by atoms with E-state index in [4.69, 9.17) is 5.73 Å². The second-order valence-electron chi connectivity index (χ2n) is 4.76. The number of rotatable bonds is 6. The van der Waals surface area contributed by atoms with E-state index in [1.807, 2.05) is 20.8 Å². The molecule has 1 aromatic rings. The zero-order valence-electron chi connectivity index (χ0n) is 12.2. The van der Waals surface area contributed by atoms with Crippen LogP contribution in [0, 0.1) is 6.92 Å². The SMILES string of the molecule is CCn1nc(C)c(N)c1C(=O)NC(CC)(CC)CO. The Labute approximate surface area is 114 Å². The minimum absolute atomic E-state index is 0.0924. The molecule has 19 heavy (non-hydrogen) atoms. The third-order valence-electron chi connectivity index (χ3n) is 3.72. The first-order valence-corrected chi connectivity index (χ1v) is 6.70. The zero-order chi connectivity index (χ0) is 14.6.